The van der Waals surface area contributed by atoms with E-state index in [-0.39, 0.29) is 5.69 Å². The molecular formula is C10H9F3N2. The number of H-pyrrole nitrogens is 1. The van der Waals surface area contributed by atoms with Gasteiger partial charge in [-0.05, 0) is 25.6 Å². The highest BCUT2D eigenvalue weighted by atomic mass is 19.4. The second-order valence-electron chi connectivity index (χ2n) is 3.34. The number of aliphatic imine (C=N–C) groups is 1. The lowest BCUT2D eigenvalue weighted by Gasteiger charge is -2.06. The van der Waals surface area contributed by atoms with Crippen molar-refractivity contribution in [3.63, 3.8) is 0 Å². The average molecular weight is 214 g/mol. The molecule has 0 bridgehead atoms. The topological polar surface area (TPSA) is 28.1 Å². The molecule has 2 nitrogen and oxygen atoms in total. The Balaban J connectivity index is 2.62. The summed E-state index contributed by atoms with van der Waals surface area (Å²) in [5, 5.41) is 0. The number of hydrogen-bond acceptors (Lipinski definition) is 1. The van der Waals surface area contributed by atoms with Crippen LogP contribution >= 0.6 is 0 Å². The van der Waals surface area contributed by atoms with Crippen LogP contribution in [-0.4, -0.2) is 11.7 Å². The van der Waals surface area contributed by atoms with Crippen molar-refractivity contribution in [2.24, 2.45) is 4.99 Å². The van der Waals surface area contributed by atoms with Crippen molar-refractivity contribution in [3.05, 3.63) is 23.0 Å². The molecular weight excluding hydrogens is 205 g/mol. The van der Waals surface area contributed by atoms with Gasteiger partial charge >= 0.3 is 6.18 Å². The van der Waals surface area contributed by atoms with Crippen LogP contribution < -0.4 is 0 Å². The molecule has 1 aliphatic carbocycles. The normalized spacial score (nSPS) is 15.1. The van der Waals surface area contributed by atoms with Gasteiger partial charge in [-0.3, -0.25) is 4.99 Å². The lowest BCUT2D eigenvalue weighted by Crippen LogP contribution is -2.05. The first kappa shape index (κ1) is 10.0. The molecule has 15 heavy (non-hydrogen) atoms. The van der Waals surface area contributed by atoms with E-state index in [1.54, 1.807) is 6.08 Å². The molecule has 0 unspecified atom stereocenters. The predicted octanol–water partition coefficient (Wildman–Crippen LogP) is 3.33. The molecule has 1 aromatic heterocycles. The molecule has 1 aromatic rings. The van der Waals surface area contributed by atoms with Gasteiger partial charge in [0.25, 0.3) is 0 Å². The summed E-state index contributed by atoms with van der Waals surface area (Å²) in [6, 6.07) is 0. The summed E-state index contributed by atoms with van der Waals surface area (Å²) in [7, 11) is 0. The highest BCUT2D eigenvalue weighted by Gasteiger charge is 2.37. The third-order valence-electron chi connectivity index (χ3n) is 2.39. The van der Waals surface area contributed by atoms with Crippen molar-refractivity contribution in [1.29, 1.82) is 0 Å². The van der Waals surface area contributed by atoms with E-state index in [1.165, 1.54) is 0 Å². The van der Waals surface area contributed by atoms with E-state index < -0.39 is 11.9 Å². The molecule has 0 aliphatic heterocycles. The minimum Gasteiger partial charge on any atom is -0.349 e. The number of fused-ring (bicyclic) bond motifs is 1. The fourth-order valence-electron chi connectivity index (χ4n) is 1.75. The van der Waals surface area contributed by atoms with Gasteiger partial charge in [0.1, 0.15) is 5.69 Å². The Hall–Kier alpha value is -1.52. The minimum absolute atomic E-state index is 0.0538. The molecule has 1 N–H and O–H groups in total. The monoisotopic (exact) mass is 214 g/mol. The maximum Gasteiger partial charge on any atom is 0.433 e. The van der Waals surface area contributed by atoms with E-state index in [4.69, 9.17) is 0 Å². The molecule has 0 radical (unpaired) electrons. The SMILES string of the molecule is C=Nc1c(C(F)(F)F)[nH]c2c1CCC=C2. The molecule has 1 aliphatic rings. The summed E-state index contributed by atoms with van der Waals surface area (Å²) < 4.78 is 37.7. The summed E-state index contributed by atoms with van der Waals surface area (Å²) in [4.78, 5) is 5.82. The van der Waals surface area contributed by atoms with Crippen LogP contribution in [-0.2, 0) is 12.6 Å². The Labute approximate surface area is 84.5 Å². The zero-order valence-corrected chi connectivity index (χ0v) is 7.86. The molecule has 0 spiro atoms. The summed E-state index contributed by atoms with van der Waals surface area (Å²) in [6.45, 7) is 3.19. The van der Waals surface area contributed by atoms with E-state index in [1.807, 2.05) is 6.08 Å². The number of halogens is 3. The van der Waals surface area contributed by atoms with Crippen molar-refractivity contribution < 1.29 is 13.2 Å². The molecule has 5 heteroatoms. The van der Waals surface area contributed by atoms with Gasteiger partial charge in [-0.15, -0.1) is 0 Å². The van der Waals surface area contributed by atoms with E-state index in [0.29, 0.717) is 17.7 Å². The molecule has 0 saturated carbocycles. The maximum atomic E-state index is 12.6. The van der Waals surface area contributed by atoms with Crippen LogP contribution in [0.1, 0.15) is 23.4 Å². The Kier molecular flexibility index (Phi) is 2.17. The quantitative estimate of drug-likeness (QED) is 0.694. The highest BCUT2D eigenvalue weighted by Crippen LogP contribution is 2.41. The second kappa shape index (κ2) is 3.25. The standard InChI is InChI=1S/C10H9F3N2/c1-14-8-6-4-2-3-5-7(6)15-9(8)10(11,12)13/h3,5,15H,1-2,4H2. The van der Waals surface area contributed by atoms with Crippen molar-refractivity contribution in [2.45, 2.75) is 19.0 Å². The smallest absolute Gasteiger partial charge is 0.349 e. The maximum absolute atomic E-state index is 12.6. The van der Waals surface area contributed by atoms with Crippen molar-refractivity contribution >= 4 is 18.5 Å². The van der Waals surface area contributed by atoms with Crippen LogP contribution in [0.15, 0.2) is 11.1 Å². The predicted molar refractivity (Wildman–Crippen MR) is 52.4 cm³/mol. The van der Waals surface area contributed by atoms with Crippen molar-refractivity contribution in [2.75, 3.05) is 0 Å². The molecule has 0 atom stereocenters. The Morgan fingerprint density at radius 1 is 1.40 bits per heavy atom. The van der Waals surface area contributed by atoms with Gasteiger partial charge in [0.2, 0.25) is 0 Å². The first-order valence-electron chi connectivity index (χ1n) is 4.49. The lowest BCUT2D eigenvalue weighted by molar-refractivity contribution is -0.140. The summed E-state index contributed by atoms with van der Waals surface area (Å²) in [6.07, 6.45) is 0.410. The minimum atomic E-state index is -4.40. The number of aromatic amines is 1. The summed E-state index contributed by atoms with van der Waals surface area (Å²) in [5.74, 6) is 0. The van der Waals surface area contributed by atoms with Crippen molar-refractivity contribution in [3.8, 4) is 0 Å². The van der Waals surface area contributed by atoms with Gasteiger partial charge in [-0.2, -0.15) is 13.2 Å². The number of allylic oxidation sites excluding steroid dienone is 1. The van der Waals surface area contributed by atoms with E-state index >= 15 is 0 Å². The highest BCUT2D eigenvalue weighted by molar-refractivity contribution is 5.67. The third kappa shape index (κ3) is 1.58. The van der Waals surface area contributed by atoms with Gasteiger partial charge in [0.15, 0.2) is 0 Å². The number of aromatic nitrogens is 1. The first-order chi connectivity index (χ1) is 7.04. The van der Waals surface area contributed by atoms with Crippen LogP contribution in [0.25, 0.3) is 6.08 Å². The zero-order valence-electron chi connectivity index (χ0n) is 7.86. The van der Waals surface area contributed by atoms with Gasteiger partial charge < -0.3 is 4.98 Å². The van der Waals surface area contributed by atoms with Crippen molar-refractivity contribution in [1.82, 2.24) is 4.98 Å². The van der Waals surface area contributed by atoms with Crippen LogP contribution in [0.4, 0.5) is 18.9 Å². The lowest BCUT2D eigenvalue weighted by atomic mass is 10.0. The Bertz CT molecular complexity index is 427. The Morgan fingerprint density at radius 2 is 2.13 bits per heavy atom. The largest absolute Gasteiger partial charge is 0.433 e. The molecule has 0 amide bonds. The number of rotatable bonds is 1. The first-order valence-corrected chi connectivity index (χ1v) is 4.49. The fourth-order valence-corrected chi connectivity index (χ4v) is 1.75. The number of alkyl halides is 3. The number of hydrogen-bond donors (Lipinski definition) is 1. The fraction of sp³-hybridized carbons (Fsp3) is 0.300. The second-order valence-corrected chi connectivity index (χ2v) is 3.34. The average Bonchev–Trinajstić information content (AvgIpc) is 2.55. The summed E-state index contributed by atoms with van der Waals surface area (Å²) >= 11 is 0. The third-order valence-corrected chi connectivity index (χ3v) is 2.39. The summed E-state index contributed by atoms with van der Waals surface area (Å²) in [5.41, 5.74) is 0.256. The van der Waals surface area contributed by atoms with Crippen LogP contribution in [0.2, 0.25) is 0 Å². The molecule has 80 valence electrons. The molecule has 0 saturated heterocycles. The van der Waals surface area contributed by atoms with Gasteiger partial charge in [0.05, 0.1) is 5.69 Å². The molecule has 0 aromatic carbocycles. The van der Waals surface area contributed by atoms with E-state index in [2.05, 4.69) is 16.7 Å². The van der Waals surface area contributed by atoms with Gasteiger partial charge in [0, 0.05) is 11.3 Å². The number of nitrogens with one attached hydrogen (secondary N) is 1. The van der Waals surface area contributed by atoms with E-state index in [0.717, 1.165) is 6.42 Å². The molecule has 2 rings (SSSR count). The van der Waals surface area contributed by atoms with Gasteiger partial charge in [-0.1, -0.05) is 6.08 Å². The molecule has 1 heterocycles. The van der Waals surface area contributed by atoms with Crippen LogP contribution in [0.5, 0.6) is 0 Å². The zero-order chi connectivity index (χ0) is 11.1. The van der Waals surface area contributed by atoms with Crippen LogP contribution in [0.3, 0.4) is 0 Å². The molecule has 0 fully saturated rings. The van der Waals surface area contributed by atoms with Crippen LogP contribution in [0, 0.1) is 0 Å². The Morgan fingerprint density at radius 3 is 2.73 bits per heavy atom. The van der Waals surface area contributed by atoms with Gasteiger partial charge in [-0.25, -0.2) is 0 Å². The van der Waals surface area contributed by atoms with E-state index in [9.17, 15) is 13.2 Å². The number of nitrogens with zero attached hydrogens (tertiary/aromatic N) is 1.